The van der Waals surface area contributed by atoms with E-state index in [1.807, 2.05) is 13.8 Å². The van der Waals surface area contributed by atoms with Crippen LogP contribution in [0.3, 0.4) is 0 Å². The van der Waals surface area contributed by atoms with Gasteiger partial charge in [-0.15, -0.1) is 0 Å². The summed E-state index contributed by atoms with van der Waals surface area (Å²) in [6.45, 7) is 4.75. The van der Waals surface area contributed by atoms with E-state index in [1.165, 1.54) is 4.90 Å². The molecular formula is C14H22N2O4. The van der Waals surface area contributed by atoms with Crippen LogP contribution in [0.1, 0.15) is 39.5 Å². The normalized spacial score (nSPS) is 27.2. The minimum atomic E-state index is -0.942. The third kappa shape index (κ3) is 2.78. The Morgan fingerprint density at radius 3 is 2.55 bits per heavy atom. The molecule has 0 aliphatic carbocycles. The molecule has 2 aliphatic heterocycles. The molecule has 0 aromatic carbocycles. The van der Waals surface area contributed by atoms with Gasteiger partial charge in [-0.3, -0.25) is 9.59 Å². The van der Waals surface area contributed by atoms with Crippen molar-refractivity contribution >= 4 is 17.8 Å². The van der Waals surface area contributed by atoms with Gasteiger partial charge in [-0.25, -0.2) is 4.79 Å². The highest BCUT2D eigenvalue weighted by Gasteiger charge is 2.41. The molecule has 1 unspecified atom stereocenters. The van der Waals surface area contributed by atoms with Crippen molar-refractivity contribution in [2.24, 2.45) is 5.92 Å². The maximum atomic E-state index is 12.5. The number of nitrogens with zero attached hydrogens (tertiary/aromatic N) is 2. The smallest absolute Gasteiger partial charge is 0.326 e. The van der Waals surface area contributed by atoms with Crippen molar-refractivity contribution in [3.05, 3.63) is 0 Å². The maximum Gasteiger partial charge on any atom is 0.326 e. The number of aliphatic carboxylic acids is 1. The van der Waals surface area contributed by atoms with Gasteiger partial charge < -0.3 is 14.9 Å². The van der Waals surface area contributed by atoms with Gasteiger partial charge in [0.15, 0.2) is 0 Å². The third-order valence-electron chi connectivity index (χ3n) is 4.20. The van der Waals surface area contributed by atoms with Gasteiger partial charge in [0.05, 0.1) is 5.92 Å². The highest BCUT2D eigenvalue weighted by atomic mass is 16.4. The van der Waals surface area contributed by atoms with Gasteiger partial charge in [-0.1, -0.05) is 0 Å². The second-order valence-electron chi connectivity index (χ2n) is 5.92. The molecule has 0 spiro atoms. The minimum absolute atomic E-state index is 0.0118. The first-order chi connectivity index (χ1) is 9.41. The van der Waals surface area contributed by atoms with Crippen molar-refractivity contribution < 1.29 is 19.5 Å². The molecule has 112 valence electrons. The lowest BCUT2D eigenvalue weighted by molar-refractivity contribution is -0.153. The van der Waals surface area contributed by atoms with E-state index < -0.39 is 12.0 Å². The van der Waals surface area contributed by atoms with Gasteiger partial charge in [0.1, 0.15) is 6.04 Å². The molecule has 2 aliphatic rings. The van der Waals surface area contributed by atoms with E-state index in [-0.39, 0.29) is 30.2 Å². The Morgan fingerprint density at radius 2 is 2.00 bits per heavy atom. The summed E-state index contributed by atoms with van der Waals surface area (Å²) in [5.74, 6) is -1.51. The van der Waals surface area contributed by atoms with Crippen LogP contribution in [0.4, 0.5) is 0 Å². The molecule has 20 heavy (non-hydrogen) atoms. The fourth-order valence-corrected chi connectivity index (χ4v) is 3.08. The Morgan fingerprint density at radius 1 is 1.30 bits per heavy atom. The van der Waals surface area contributed by atoms with Crippen LogP contribution in [0.2, 0.25) is 0 Å². The van der Waals surface area contributed by atoms with Gasteiger partial charge in [-0.05, 0) is 33.1 Å². The first-order valence-electron chi connectivity index (χ1n) is 7.24. The maximum absolute atomic E-state index is 12.5. The SMILES string of the molecule is CC(C)N1CC(C(=O)N2CCCC[C@@H]2C(=O)O)CC1=O. The fourth-order valence-electron chi connectivity index (χ4n) is 3.08. The first kappa shape index (κ1) is 14.8. The van der Waals surface area contributed by atoms with E-state index in [1.54, 1.807) is 4.90 Å². The molecule has 2 amide bonds. The van der Waals surface area contributed by atoms with Gasteiger partial charge in [-0.2, -0.15) is 0 Å². The highest BCUT2D eigenvalue weighted by Crippen LogP contribution is 2.26. The van der Waals surface area contributed by atoms with Crippen LogP contribution >= 0.6 is 0 Å². The zero-order valence-electron chi connectivity index (χ0n) is 12.0. The topological polar surface area (TPSA) is 77.9 Å². The van der Waals surface area contributed by atoms with Crippen LogP contribution in [0, 0.1) is 5.92 Å². The number of amides is 2. The number of hydrogen-bond donors (Lipinski definition) is 1. The molecule has 2 heterocycles. The van der Waals surface area contributed by atoms with Crippen molar-refractivity contribution in [2.75, 3.05) is 13.1 Å². The Hall–Kier alpha value is -1.59. The van der Waals surface area contributed by atoms with Crippen molar-refractivity contribution in [2.45, 2.75) is 51.6 Å². The number of likely N-dealkylation sites (tertiary alicyclic amines) is 2. The molecule has 2 saturated heterocycles. The van der Waals surface area contributed by atoms with Gasteiger partial charge in [0, 0.05) is 25.6 Å². The number of rotatable bonds is 3. The summed E-state index contributed by atoms with van der Waals surface area (Å²) in [7, 11) is 0. The summed E-state index contributed by atoms with van der Waals surface area (Å²) < 4.78 is 0. The quantitative estimate of drug-likeness (QED) is 0.827. The average molecular weight is 282 g/mol. The van der Waals surface area contributed by atoms with E-state index in [2.05, 4.69) is 0 Å². The summed E-state index contributed by atoms with van der Waals surface area (Å²) in [5, 5.41) is 9.22. The van der Waals surface area contributed by atoms with Crippen LogP contribution in [0.5, 0.6) is 0 Å². The van der Waals surface area contributed by atoms with E-state index >= 15 is 0 Å². The number of carboxylic acid groups (broad SMARTS) is 1. The lowest BCUT2D eigenvalue weighted by Gasteiger charge is -2.34. The predicted octanol–water partition coefficient (Wildman–Crippen LogP) is 0.709. The third-order valence-corrected chi connectivity index (χ3v) is 4.20. The van der Waals surface area contributed by atoms with Crippen LogP contribution in [0.15, 0.2) is 0 Å². The molecule has 2 rings (SSSR count). The van der Waals surface area contributed by atoms with E-state index in [0.29, 0.717) is 19.5 Å². The lowest BCUT2D eigenvalue weighted by Crippen LogP contribution is -2.50. The van der Waals surface area contributed by atoms with Crippen molar-refractivity contribution in [3.8, 4) is 0 Å². The van der Waals surface area contributed by atoms with Gasteiger partial charge in [0.2, 0.25) is 11.8 Å². The molecule has 2 atom stereocenters. The first-order valence-corrected chi connectivity index (χ1v) is 7.24. The van der Waals surface area contributed by atoms with Gasteiger partial charge in [0.25, 0.3) is 0 Å². The average Bonchev–Trinajstić information content (AvgIpc) is 2.80. The molecule has 1 N–H and O–H groups in total. The molecule has 0 radical (unpaired) electrons. The van der Waals surface area contributed by atoms with Crippen LogP contribution in [-0.2, 0) is 14.4 Å². The zero-order chi connectivity index (χ0) is 14.9. The summed E-state index contributed by atoms with van der Waals surface area (Å²) in [5.41, 5.74) is 0. The highest BCUT2D eigenvalue weighted by molar-refractivity contribution is 5.91. The summed E-state index contributed by atoms with van der Waals surface area (Å²) >= 11 is 0. The van der Waals surface area contributed by atoms with E-state index in [9.17, 15) is 19.5 Å². The molecule has 2 fully saturated rings. The second kappa shape index (κ2) is 5.81. The summed E-state index contributed by atoms with van der Waals surface area (Å²) in [6.07, 6.45) is 2.39. The minimum Gasteiger partial charge on any atom is -0.480 e. The van der Waals surface area contributed by atoms with Gasteiger partial charge >= 0.3 is 5.97 Å². The molecule has 0 bridgehead atoms. The predicted molar refractivity (Wildman–Crippen MR) is 71.9 cm³/mol. The number of piperidine rings is 1. The Balaban J connectivity index is 2.07. The largest absolute Gasteiger partial charge is 0.480 e. The number of carbonyl (C=O) groups is 3. The molecular weight excluding hydrogens is 260 g/mol. The van der Waals surface area contributed by atoms with Crippen molar-refractivity contribution in [3.63, 3.8) is 0 Å². The van der Waals surface area contributed by atoms with Crippen molar-refractivity contribution in [1.29, 1.82) is 0 Å². The Bertz CT molecular complexity index is 421. The summed E-state index contributed by atoms with van der Waals surface area (Å²) in [6, 6.07) is -0.642. The fraction of sp³-hybridized carbons (Fsp3) is 0.786. The molecule has 0 saturated carbocycles. The molecule has 0 aromatic rings. The molecule has 6 heteroatoms. The monoisotopic (exact) mass is 282 g/mol. The van der Waals surface area contributed by atoms with Crippen LogP contribution in [-0.4, -0.2) is 57.9 Å². The Labute approximate surface area is 118 Å². The number of carbonyl (C=O) groups excluding carboxylic acids is 2. The Kier molecular flexibility index (Phi) is 4.30. The zero-order valence-corrected chi connectivity index (χ0v) is 12.0. The molecule has 6 nitrogen and oxygen atoms in total. The summed E-state index contributed by atoms with van der Waals surface area (Å²) in [4.78, 5) is 38.8. The second-order valence-corrected chi connectivity index (χ2v) is 5.92. The molecule has 0 aromatic heterocycles. The van der Waals surface area contributed by atoms with Crippen molar-refractivity contribution in [1.82, 2.24) is 9.80 Å². The number of hydrogen-bond acceptors (Lipinski definition) is 3. The van der Waals surface area contributed by atoms with E-state index in [0.717, 1.165) is 12.8 Å². The van der Waals surface area contributed by atoms with Crippen LogP contribution < -0.4 is 0 Å². The standard InChI is InChI=1S/C14H22N2O4/c1-9(2)16-8-10(7-12(16)17)13(18)15-6-4-3-5-11(15)14(19)20/h9-11H,3-8H2,1-2H3,(H,19,20)/t10?,11-/m1/s1. The number of carboxylic acids is 1. The van der Waals surface area contributed by atoms with Crippen LogP contribution in [0.25, 0.3) is 0 Å². The van der Waals surface area contributed by atoms with E-state index in [4.69, 9.17) is 0 Å². The lowest BCUT2D eigenvalue weighted by atomic mass is 9.98.